The van der Waals surface area contributed by atoms with Gasteiger partial charge in [-0.3, -0.25) is 4.79 Å². The molecule has 1 unspecified atom stereocenters. The molecule has 0 radical (unpaired) electrons. The molecular weight excluding hydrogens is 321 g/mol. The third kappa shape index (κ3) is 3.25. The van der Waals surface area contributed by atoms with Crippen molar-refractivity contribution >= 4 is 23.2 Å². The van der Waals surface area contributed by atoms with Crippen LogP contribution in [-0.2, 0) is 11.2 Å². The lowest BCUT2D eigenvalue weighted by atomic mass is 10.0. The van der Waals surface area contributed by atoms with E-state index in [-0.39, 0.29) is 16.6 Å². The normalized spacial score (nSPS) is 16.0. The second-order valence-electron chi connectivity index (χ2n) is 5.06. The summed E-state index contributed by atoms with van der Waals surface area (Å²) in [6.07, 6.45) is 1.73. The first-order valence-electron chi connectivity index (χ1n) is 6.88. The summed E-state index contributed by atoms with van der Waals surface area (Å²) in [6, 6.07) is 7.61. The minimum absolute atomic E-state index is 0.0730. The number of hydrogen-bond acceptors (Lipinski definition) is 4. The van der Waals surface area contributed by atoms with Crippen molar-refractivity contribution in [1.82, 2.24) is 4.98 Å². The predicted octanol–water partition coefficient (Wildman–Crippen LogP) is 3.08. The number of aryl methyl sites for hydroxylation is 1. The highest BCUT2D eigenvalue weighted by atomic mass is 35.5. The minimum atomic E-state index is -0.731. The Labute approximate surface area is 136 Å². The number of pyridine rings is 1. The lowest BCUT2D eigenvalue weighted by Gasteiger charge is -2.25. The highest BCUT2D eigenvalue weighted by Crippen LogP contribution is 2.29. The van der Waals surface area contributed by atoms with Gasteiger partial charge in [-0.15, -0.1) is 0 Å². The van der Waals surface area contributed by atoms with Gasteiger partial charge in [0, 0.05) is 6.07 Å². The molecule has 3 rings (SSSR count). The average molecular weight is 332 g/mol. The van der Waals surface area contributed by atoms with Crippen LogP contribution < -0.4 is 10.1 Å². The molecule has 5 nitrogen and oxygen atoms in total. The van der Waals surface area contributed by atoms with Crippen molar-refractivity contribution < 1.29 is 13.9 Å². The Hall–Kier alpha value is -2.65. The van der Waals surface area contributed by atoms with Crippen LogP contribution in [0.15, 0.2) is 30.5 Å². The molecule has 1 amide bonds. The van der Waals surface area contributed by atoms with Gasteiger partial charge in [0.1, 0.15) is 22.8 Å². The molecule has 1 aromatic heterocycles. The van der Waals surface area contributed by atoms with Crippen molar-refractivity contribution in [2.24, 2.45) is 0 Å². The third-order valence-corrected chi connectivity index (χ3v) is 3.79. The van der Waals surface area contributed by atoms with Gasteiger partial charge in [-0.25, -0.2) is 9.37 Å². The molecule has 0 saturated carbocycles. The Bertz CT molecular complexity index is 819. The Balaban J connectivity index is 1.73. The minimum Gasteiger partial charge on any atom is -0.480 e. The molecule has 1 aromatic carbocycles. The molecule has 23 heavy (non-hydrogen) atoms. The Kier molecular flexibility index (Phi) is 4.13. The topological polar surface area (TPSA) is 75.0 Å². The van der Waals surface area contributed by atoms with E-state index in [2.05, 4.69) is 10.3 Å². The first kappa shape index (κ1) is 15.3. The molecule has 0 bridgehead atoms. The highest BCUT2D eigenvalue weighted by molar-refractivity contribution is 6.30. The maximum Gasteiger partial charge on any atom is 0.265 e. The number of aromatic nitrogens is 1. The Morgan fingerprint density at radius 2 is 2.30 bits per heavy atom. The number of carbonyl (C=O) groups excluding carboxylic acids is 1. The molecular formula is C16H11ClFN3O2. The molecule has 0 saturated heterocycles. The average Bonchev–Trinajstić information content (AvgIpc) is 2.55. The lowest BCUT2D eigenvalue weighted by molar-refractivity contribution is -0.123. The number of halogens is 2. The number of nitrogens with zero attached hydrogens (tertiary/aromatic N) is 2. The van der Waals surface area contributed by atoms with Gasteiger partial charge in [-0.2, -0.15) is 5.26 Å². The first-order valence-corrected chi connectivity index (χ1v) is 7.26. The van der Waals surface area contributed by atoms with Gasteiger partial charge in [0.25, 0.3) is 5.91 Å². The van der Waals surface area contributed by atoms with Crippen molar-refractivity contribution in [3.8, 4) is 11.8 Å². The van der Waals surface area contributed by atoms with Crippen molar-refractivity contribution in [3.63, 3.8) is 0 Å². The highest BCUT2D eigenvalue weighted by Gasteiger charge is 2.26. The summed E-state index contributed by atoms with van der Waals surface area (Å²) < 4.78 is 18.8. The third-order valence-electron chi connectivity index (χ3n) is 3.49. The van der Waals surface area contributed by atoms with Crippen LogP contribution >= 0.6 is 11.6 Å². The number of benzene rings is 1. The molecule has 116 valence electrons. The molecule has 0 aliphatic carbocycles. The molecule has 0 fully saturated rings. The van der Waals surface area contributed by atoms with Crippen LogP contribution in [0.3, 0.4) is 0 Å². The summed E-state index contributed by atoms with van der Waals surface area (Å²) in [5.41, 5.74) is 1.39. The van der Waals surface area contributed by atoms with E-state index in [1.54, 1.807) is 6.07 Å². The monoisotopic (exact) mass is 331 g/mol. The van der Waals surface area contributed by atoms with E-state index >= 15 is 0 Å². The van der Waals surface area contributed by atoms with Crippen LogP contribution in [0, 0.1) is 17.1 Å². The van der Waals surface area contributed by atoms with Gasteiger partial charge in [0.05, 0.1) is 17.4 Å². The summed E-state index contributed by atoms with van der Waals surface area (Å²) in [6.45, 7) is 0. The van der Waals surface area contributed by atoms with E-state index in [4.69, 9.17) is 21.6 Å². The molecule has 1 atom stereocenters. The molecule has 2 heterocycles. The van der Waals surface area contributed by atoms with E-state index in [1.165, 1.54) is 24.4 Å². The summed E-state index contributed by atoms with van der Waals surface area (Å²) >= 11 is 5.75. The Morgan fingerprint density at radius 3 is 3.09 bits per heavy atom. The fraction of sp³-hybridized carbons (Fsp3) is 0.188. The van der Waals surface area contributed by atoms with Crippen molar-refractivity contribution in [3.05, 3.63) is 52.6 Å². The van der Waals surface area contributed by atoms with Crippen molar-refractivity contribution in [1.29, 1.82) is 5.26 Å². The standard InChI is InChI=1S/C16H11ClFN3O2/c17-15-10(7-19)5-12(8-20-15)21-16(22)13-4-2-9-1-3-11(18)6-14(9)23-13/h1,3,5-6,8,13H,2,4H2,(H,21,22). The fourth-order valence-corrected chi connectivity index (χ4v) is 2.49. The smallest absolute Gasteiger partial charge is 0.265 e. The molecule has 1 aliphatic rings. The van der Waals surface area contributed by atoms with Crippen LogP contribution in [0.5, 0.6) is 5.75 Å². The molecule has 1 aliphatic heterocycles. The molecule has 1 N–H and O–H groups in total. The number of amides is 1. The van der Waals surface area contributed by atoms with Gasteiger partial charge in [-0.05, 0) is 30.5 Å². The predicted molar refractivity (Wildman–Crippen MR) is 81.7 cm³/mol. The summed E-state index contributed by atoms with van der Waals surface area (Å²) in [4.78, 5) is 16.1. The van der Waals surface area contributed by atoms with Gasteiger partial charge >= 0.3 is 0 Å². The number of ether oxygens (including phenoxy) is 1. The summed E-state index contributed by atoms with van der Waals surface area (Å²) in [5, 5.41) is 11.6. The van der Waals surface area contributed by atoms with Gasteiger partial charge in [0.2, 0.25) is 0 Å². The van der Waals surface area contributed by atoms with E-state index in [1.807, 2.05) is 6.07 Å². The van der Waals surface area contributed by atoms with Crippen LogP contribution in [0.1, 0.15) is 17.5 Å². The van der Waals surface area contributed by atoms with E-state index < -0.39 is 11.9 Å². The maximum atomic E-state index is 13.3. The zero-order valence-corrected chi connectivity index (χ0v) is 12.6. The van der Waals surface area contributed by atoms with Gasteiger partial charge in [-0.1, -0.05) is 17.7 Å². The number of nitriles is 1. The van der Waals surface area contributed by atoms with E-state index in [0.717, 1.165) is 5.56 Å². The molecule has 0 spiro atoms. The van der Waals surface area contributed by atoms with Crippen LogP contribution in [0.4, 0.5) is 10.1 Å². The Morgan fingerprint density at radius 1 is 1.48 bits per heavy atom. The zero-order chi connectivity index (χ0) is 16.4. The number of anilines is 1. The molecule has 7 heteroatoms. The maximum absolute atomic E-state index is 13.3. The second kappa shape index (κ2) is 6.23. The molecule has 2 aromatic rings. The summed E-state index contributed by atoms with van der Waals surface area (Å²) in [5.74, 6) is -0.415. The fourth-order valence-electron chi connectivity index (χ4n) is 2.35. The number of rotatable bonds is 2. The quantitative estimate of drug-likeness (QED) is 0.858. The van der Waals surface area contributed by atoms with Crippen molar-refractivity contribution in [2.75, 3.05) is 5.32 Å². The largest absolute Gasteiger partial charge is 0.480 e. The van der Waals surface area contributed by atoms with E-state index in [0.29, 0.717) is 24.3 Å². The van der Waals surface area contributed by atoms with Gasteiger partial charge in [0.15, 0.2) is 6.10 Å². The van der Waals surface area contributed by atoms with Crippen LogP contribution in [0.2, 0.25) is 5.15 Å². The first-order chi connectivity index (χ1) is 11.1. The van der Waals surface area contributed by atoms with Crippen LogP contribution in [-0.4, -0.2) is 17.0 Å². The number of carbonyl (C=O) groups is 1. The SMILES string of the molecule is N#Cc1cc(NC(=O)C2CCc3ccc(F)cc3O2)cnc1Cl. The number of nitrogens with one attached hydrogen (secondary N) is 1. The number of fused-ring (bicyclic) bond motifs is 1. The van der Waals surface area contributed by atoms with E-state index in [9.17, 15) is 9.18 Å². The van der Waals surface area contributed by atoms with Crippen LogP contribution in [0.25, 0.3) is 0 Å². The second-order valence-corrected chi connectivity index (χ2v) is 5.42. The zero-order valence-electron chi connectivity index (χ0n) is 11.8. The lowest BCUT2D eigenvalue weighted by Crippen LogP contribution is -2.35. The van der Waals surface area contributed by atoms with Crippen molar-refractivity contribution in [2.45, 2.75) is 18.9 Å². The summed E-state index contributed by atoms with van der Waals surface area (Å²) in [7, 11) is 0. The number of hydrogen-bond donors (Lipinski definition) is 1. The van der Waals surface area contributed by atoms with Gasteiger partial charge < -0.3 is 10.1 Å².